The normalized spacial score (nSPS) is 12.1. The zero-order chi connectivity index (χ0) is 11.6. The number of amides is 2. The van der Waals surface area contributed by atoms with Gasteiger partial charge in [-0.25, -0.2) is 4.79 Å². The summed E-state index contributed by atoms with van der Waals surface area (Å²) >= 11 is 4.83. The number of hydrogen-bond donors (Lipinski definition) is 3. The molecule has 82 valence electrons. The van der Waals surface area contributed by atoms with Crippen molar-refractivity contribution in [3.05, 3.63) is 0 Å². The minimum Gasteiger partial charge on any atom is -0.391 e. The van der Waals surface area contributed by atoms with Gasteiger partial charge in [0.25, 0.3) is 0 Å². The molecule has 0 atom stereocenters. The number of nitrogens with two attached hydrogens (primary N) is 1. The maximum Gasteiger partial charge on any atom is 0.315 e. The predicted molar refractivity (Wildman–Crippen MR) is 62.3 cm³/mol. The fraction of sp³-hybridized carbons (Fsp3) is 0.778. The van der Waals surface area contributed by atoms with Crippen molar-refractivity contribution in [2.24, 2.45) is 5.73 Å². The minimum atomic E-state index is -0.662. The van der Waals surface area contributed by atoms with Crippen molar-refractivity contribution in [3.8, 4) is 0 Å². The molecule has 5 heteroatoms. The SMILES string of the molecule is CC(C)(C)NC(=O)NC(C)(C)C(N)=S. The Labute approximate surface area is 90.6 Å². The molecule has 0 radical (unpaired) electrons. The van der Waals surface area contributed by atoms with Crippen molar-refractivity contribution >= 4 is 23.2 Å². The molecule has 0 heterocycles. The lowest BCUT2D eigenvalue weighted by molar-refractivity contribution is 0.227. The minimum absolute atomic E-state index is 0.265. The average Bonchev–Trinajstić information content (AvgIpc) is 1.79. The van der Waals surface area contributed by atoms with E-state index in [0.29, 0.717) is 0 Å². The van der Waals surface area contributed by atoms with Gasteiger partial charge in [0.05, 0.1) is 10.5 Å². The van der Waals surface area contributed by atoms with E-state index in [1.54, 1.807) is 13.8 Å². The van der Waals surface area contributed by atoms with Gasteiger partial charge in [-0.3, -0.25) is 0 Å². The number of carbonyl (C=O) groups is 1. The van der Waals surface area contributed by atoms with Crippen LogP contribution in [0, 0.1) is 0 Å². The largest absolute Gasteiger partial charge is 0.391 e. The molecular formula is C9H19N3OS. The van der Waals surface area contributed by atoms with Crippen LogP contribution in [0.5, 0.6) is 0 Å². The highest BCUT2D eigenvalue weighted by molar-refractivity contribution is 7.80. The van der Waals surface area contributed by atoms with Crippen molar-refractivity contribution in [1.82, 2.24) is 10.6 Å². The Morgan fingerprint density at radius 1 is 1.14 bits per heavy atom. The van der Waals surface area contributed by atoms with Crippen LogP contribution >= 0.6 is 12.2 Å². The van der Waals surface area contributed by atoms with Crippen LogP contribution in [-0.2, 0) is 0 Å². The number of hydrogen-bond acceptors (Lipinski definition) is 2. The van der Waals surface area contributed by atoms with Crippen LogP contribution in [-0.4, -0.2) is 22.1 Å². The molecule has 0 spiro atoms. The van der Waals surface area contributed by atoms with Gasteiger partial charge in [-0.15, -0.1) is 0 Å². The van der Waals surface area contributed by atoms with E-state index in [-0.39, 0.29) is 16.6 Å². The molecule has 0 bridgehead atoms. The Bertz CT molecular complexity index is 243. The van der Waals surface area contributed by atoms with E-state index in [1.165, 1.54) is 0 Å². The van der Waals surface area contributed by atoms with Gasteiger partial charge in [-0.2, -0.15) is 0 Å². The smallest absolute Gasteiger partial charge is 0.315 e. The van der Waals surface area contributed by atoms with Crippen molar-refractivity contribution < 1.29 is 4.79 Å². The van der Waals surface area contributed by atoms with Gasteiger partial charge in [0.15, 0.2) is 0 Å². The van der Waals surface area contributed by atoms with E-state index in [9.17, 15) is 4.79 Å². The molecule has 4 nitrogen and oxygen atoms in total. The first-order valence-electron chi connectivity index (χ1n) is 4.45. The molecular weight excluding hydrogens is 198 g/mol. The molecule has 0 saturated heterocycles. The Morgan fingerprint density at radius 2 is 1.57 bits per heavy atom. The second kappa shape index (κ2) is 4.13. The highest BCUT2D eigenvalue weighted by atomic mass is 32.1. The number of thiocarbonyl (C=S) groups is 1. The number of carbonyl (C=O) groups excluding carboxylic acids is 1. The van der Waals surface area contributed by atoms with E-state index < -0.39 is 5.54 Å². The first-order valence-corrected chi connectivity index (χ1v) is 4.86. The van der Waals surface area contributed by atoms with Crippen molar-refractivity contribution in [3.63, 3.8) is 0 Å². The summed E-state index contributed by atoms with van der Waals surface area (Å²) in [5, 5.41) is 5.46. The molecule has 0 saturated carbocycles. The highest BCUT2D eigenvalue weighted by Gasteiger charge is 2.25. The van der Waals surface area contributed by atoms with Crippen molar-refractivity contribution in [1.29, 1.82) is 0 Å². The molecule has 0 fully saturated rings. The molecule has 0 aliphatic heterocycles. The van der Waals surface area contributed by atoms with Crippen LogP contribution in [0.15, 0.2) is 0 Å². The molecule has 4 N–H and O–H groups in total. The lowest BCUT2D eigenvalue weighted by Gasteiger charge is -2.28. The molecule has 0 rings (SSSR count). The van der Waals surface area contributed by atoms with Crippen LogP contribution in [0.3, 0.4) is 0 Å². The molecule has 0 aromatic rings. The third-order valence-corrected chi connectivity index (χ3v) is 2.04. The van der Waals surface area contributed by atoms with Crippen molar-refractivity contribution in [2.45, 2.75) is 45.7 Å². The Morgan fingerprint density at radius 3 is 1.86 bits per heavy atom. The maximum absolute atomic E-state index is 11.4. The lowest BCUT2D eigenvalue weighted by atomic mass is 10.1. The quantitative estimate of drug-likeness (QED) is 0.608. The number of urea groups is 1. The summed E-state index contributed by atoms with van der Waals surface area (Å²) < 4.78 is 0. The average molecular weight is 217 g/mol. The standard InChI is InChI=1S/C9H19N3OS/c1-8(2,3)11-7(13)12-9(4,5)6(10)14/h1-5H3,(H2,10,14)(H2,11,12,13). The summed E-state index contributed by atoms with van der Waals surface area (Å²) in [6.45, 7) is 9.23. The first kappa shape index (κ1) is 13.2. The van der Waals surface area contributed by atoms with E-state index in [0.717, 1.165) is 0 Å². The number of rotatable bonds is 2. The van der Waals surface area contributed by atoms with Crippen LogP contribution in [0.1, 0.15) is 34.6 Å². The highest BCUT2D eigenvalue weighted by Crippen LogP contribution is 2.03. The van der Waals surface area contributed by atoms with E-state index in [2.05, 4.69) is 10.6 Å². The summed E-state index contributed by atoms with van der Waals surface area (Å²) in [6.07, 6.45) is 0. The zero-order valence-electron chi connectivity index (χ0n) is 9.39. The molecule has 0 aromatic heterocycles. The molecule has 0 aromatic carbocycles. The fourth-order valence-electron chi connectivity index (χ4n) is 0.717. The van der Waals surface area contributed by atoms with E-state index in [4.69, 9.17) is 18.0 Å². The first-order chi connectivity index (χ1) is 6.04. The molecule has 2 amide bonds. The van der Waals surface area contributed by atoms with Gasteiger partial charge < -0.3 is 16.4 Å². The monoisotopic (exact) mass is 217 g/mol. The van der Waals surface area contributed by atoms with Crippen molar-refractivity contribution in [2.75, 3.05) is 0 Å². The van der Waals surface area contributed by atoms with Gasteiger partial charge >= 0.3 is 6.03 Å². The summed E-state index contributed by atoms with van der Waals surface area (Å²) in [5.74, 6) is 0. The van der Waals surface area contributed by atoms with Gasteiger partial charge in [0.2, 0.25) is 0 Å². The Balaban J connectivity index is 4.27. The second-order valence-corrected chi connectivity index (χ2v) is 5.26. The van der Waals surface area contributed by atoms with Gasteiger partial charge in [-0.05, 0) is 34.6 Å². The third-order valence-electron chi connectivity index (χ3n) is 1.53. The molecule has 0 unspecified atom stereocenters. The summed E-state index contributed by atoms with van der Waals surface area (Å²) in [5.41, 5.74) is 4.54. The van der Waals surface area contributed by atoms with Crippen LogP contribution in [0.25, 0.3) is 0 Å². The summed E-state index contributed by atoms with van der Waals surface area (Å²) in [7, 11) is 0. The molecule has 0 aliphatic carbocycles. The van der Waals surface area contributed by atoms with Crippen LogP contribution in [0.2, 0.25) is 0 Å². The number of nitrogens with one attached hydrogen (secondary N) is 2. The van der Waals surface area contributed by atoms with E-state index in [1.807, 2.05) is 20.8 Å². The van der Waals surface area contributed by atoms with Crippen LogP contribution in [0.4, 0.5) is 4.79 Å². The second-order valence-electron chi connectivity index (χ2n) is 4.82. The van der Waals surface area contributed by atoms with Crippen LogP contribution < -0.4 is 16.4 Å². The summed E-state index contributed by atoms with van der Waals surface area (Å²) in [4.78, 5) is 11.7. The Hall–Kier alpha value is -0.840. The zero-order valence-corrected chi connectivity index (χ0v) is 10.2. The maximum atomic E-state index is 11.4. The van der Waals surface area contributed by atoms with E-state index >= 15 is 0 Å². The third kappa shape index (κ3) is 5.01. The summed E-state index contributed by atoms with van der Waals surface area (Å²) in [6, 6.07) is -0.268. The van der Waals surface area contributed by atoms with Gasteiger partial charge in [0, 0.05) is 5.54 Å². The molecule has 14 heavy (non-hydrogen) atoms. The van der Waals surface area contributed by atoms with Gasteiger partial charge in [0.1, 0.15) is 0 Å². The fourth-order valence-corrected chi connectivity index (χ4v) is 0.768. The van der Waals surface area contributed by atoms with Gasteiger partial charge in [-0.1, -0.05) is 12.2 Å². The molecule has 0 aliphatic rings. The Kier molecular flexibility index (Phi) is 3.88. The predicted octanol–water partition coefficient (Wildman–Crippen LogP) is 1.15. The topological polar surface area (TPSA) is 67.2 Å². The lowest BCUT2D eigenvalue weighted by Crippen LogP contribution is -2.57.